The lowest BCUT2D eigenvalue weighted by Gasteiger charge is -2.15. The highest BCUT2D eigenvalue weighted by molar-refractivity contribution is 9.11. The van der Waals surface area contributed by atoms with Gasteiger partial charge in [0, 0.05) is 14.5 Å². The van der Waals surface area contributed by atoms with Crippen LogP contribution < -0.4 is 0 Å². The van der Waals surface area contributed by atoms with Gasteiger partial charge in [0.2, 0.25) is 0 Å². The molecule has 0 aromatic heterocycles. The molecule has 0 bridgehead atoms. The fourth-order valence-corrected chi connectivity index (χ4v) is 2.60. The summed E-state index contributed by atoms with van der Waals surface area (Å²) in [4.78, 5) is 0. The Morgan fingerprint density at radius 1 is 0.950 bits per heavy atom. The fraction of sp³-hybridized carbons (Fsp3) is 0.143. The van der Waals surface area contributed by atoms with Crippen molar-refractivity contribution in [2.75, 3.05) is 0 Å². The second-order valence-corrected chi connectivity index (χ2v) is 5.96. The Bertz CT molecular complexity index is 609. The smallest absolute Gasteiger partial charge is 0.384 e. The number of benzene rings is 2. The largest absolute Gasteiger partial charge is 0.416 e. The molecule has 0 saturated carbocycles. The van der Waals surface area contributed by atoms with Crippen molar-refractivity contribution in [2.24, 2.45) is 0 Å². The molecule has 1 atom stereocenters. The Kier molecular flexibility index (Phi) is 4.56. The summed E-state index contributed by atoms with van der Waals surface area (Å²) in [6, 6.07) is 9.75. The van der Waals surface area contributed by atoms with Crippen LogP contribution in [0.15, 0.2) is 51.4 Å². The zero-order valence-corrected chi connectivity index (χ0v) is 13.1. The molecule has 1 nitrogen and oxygen atoms in total. The molecule has 2 rings (SSSR count). The SMILES string of the molecule is OC(c1ccc(C(F)(F)F)cc1)c1cc(Br)ccc1Br. The lowest BCUT2D eigenvalue weighted by molar-refractivity contribution is -0.137. The molecular formula is C14H9Br2F3O. The van der Waals surface area contributed by atoms with Crippen molar-refractivity contribution < 1.29 is 18.3 Å². The van der Waals surface area contributed by atoms with Gasteiger partial charge in [-0.05, 0) is 35.9 Å². The molecule has 20 heavy (non-hydrogen) atoms. The van der Waals surface area contributed by atoms with Crippen molar-refractivity contribution >= 4 is 31.9 Å². The van der Waals surface area contributed by atoms with Gasteiger partial charge in [-0.2, -0.15) is 13.2 Å². The van der Waals surface area contributed by atoms with E-state index in [9.17, 15) is 18.3 Å². The van der Waals surface area contributed by atoms with Crippen LogP contribution in [0.5, 0.6) is 0 Å². The second kappa shape index (κ2) is 5.87. The van der Waals surface area contributed by atoms with E-state index in [0.717, 1.165) is 16.6 Å². The number of hydrogen-bond donors (Lipinski definition) is 1. The van der Waals surface area contributed by atoms with Crippen molar-refractivity contribution in [2.45, 2.75) is 12.3 Å². The summed E-state index contributed by atoms with van der Waals surface area (Å²) < 4.78 is 38.9. The topological polar surface area (TPSA) is 20.2 Å². The first-order valence-corrected chi connectivity index (χ1v) is 7.18. The number of aliphatic hydroxyl groups is 1. The Hall–Kier alpha value is -0.850. The van der Waals surface area contributed by atoms with Gasteiger partial charge in [-0.3, -0.25) is 0 Å². The van der Waals surface area contributed by atoms with E-state index < -0.39 is 17.8 Å². The number of halogens is 5. The molecule has 0 radical (unpaired) electrons. The van der Waals surface area contributed by atoms with Gasteiger partial charge in [-0.25, -0.2) is 0 Å². The summed E-state index contributed by atoms with van der Waals surface area (Å²) in [5, 5.41) is 10.3. The molecule has 0 fully saturated rings. The third kappa shape index (κ3) is 3.42. The zero-order chi connectivity index (χ0) is 14.9. The number of aliphatic hydroxyl groups excluding tert-OH is 1. The van der Waals surface area contributed by atoms with Crippen LogP contribution in [0, 0.1) is 0 Å². The number of hydrogen-bond acceptors (Lipinski definition) is 1. The molecule has 2 aromatic rings. The van der Waals surface area contributed by atoms with Gasteiger partial charge in [-0.1, -0.05) is 44.0 Å². The van der Waals surface area contributed by atoms with Crippen LogP contribution in [-0.2, 0) is 6.18 Å². The maximum absolute atomic E-state index is 12.5. The molecule has 0 spiro atoms. The molecular weight excluding hydrogens is 401 g/mol. The van der Waals surface area contributed by atoms with Gasteiger partial charge in [-0.15, -0.1) is 0 Å². The van der Waals surface area contributed by atoms with Crippen molar-refractivity contribution in [1.29, 1.82) is 0 Å². The second-order valence-electron chi connectivity index (χ2n) is 4.19. The summed E-state index contributed by atoms with van der Waals surface area (Å²) >= 11 is 6.61. The minimum absolute atomic E-state index is 0.400. The normalized spacial score (nSPS) is 13.3. The first kappa shape index (κ1) is 15.5. The van der Waals surface area contributed by atoms with Crippen LogP contribution in [0.25, 0.3) is 0 Å². The van der Waals surface area contributed by atoms with Gasteiger partial charge in [0.1, 0.15) is 6.10 Å². The average molecular weight is 410 g/mol. The Morgan fingerprint density at radius 2 is 1.55 bits per heavy atom. The lowest BCUT2D eigenvalue weighted by atomic mass is 10.0. The van der Waals surface area contributed by atoms with Crippen LogP contribution in [0.2, 0.25) is 0 Å². The van der Waals surface area contributed by atoms with E-state index in [-0.39, 0.29) is 0 Å². The van der Waals surface area contributed by atoms with E-state index in [2.05, 4.69) is 31.9 Å². The standard InChI is InChI=1S/C14H9Br2F3O/c15-10-5-6-12(16)11(7-10)13(20)8-1-3-9(4-2-8)14(17,18)19/h1-7,13,20H. The maximum atomic E-state index is 12.5. The summed E-state index contributed by atoms with van der Waals surface area (Å²) in [5.41, 5.74) is 0.248. The van der Waals surface area contributed by atoms with Crippen LogP contribution in [-0.4, -0.2) is 5.11 Å². The molecule has 0 heterocycles. The summed E-state index contributed by atoms with van der Waals surface area (Å²) in [5.74, 6) is 0. The molecule has 0 aliphatic rings. The summed E-state index contributed by atoms with van der Waals surface area (Å²) in [7, 11) is 0. The lowest BCUT2D eigenvalue weighted by Crippen LogP contribution is -2.06. The minimum atomic E-state index is -4.38. The van der Waals surface area contributed by atoms with E-state index in [1.54, 1.807) is 18.2 Å². The van der Waals surface area contributed by atoms with Crippen LogP contribution in [0.3, 0.4) is 0 Å². The third-order valence-corrected chi connectivity index (χ3v) is 4.02. The molecule has 0 aliphatic heterocycles. The van der Waals surface area contributed by atoms with E-state index >= 15 is 0 Å². The molecule has 0 amide bonds. The van der Waals surface area contributed by atoms with E-state index in [1.807, 2.05) is 0 Å². The molecule has 106 valence electrons. The quantitative estimate of drug-likeness (QED) is 0.712. The highest BCUT2D eigenvalue weighted by atomic mass is 79.9. The molecule has 0 aliphatic carbocycles. The fourth-order valence-electron chi connectivity index (χ4n) is 1.76. The first-order valence-electron chi connectivity index (χ1n) is 5.59. The van der Waals surface area contributed by atoms with Crippen molar-refractivity contribution in [3.8, 4) is 0 Å². The Morgan fingerprint density at radius 3 is 2.10 bits per heavy atom. The zero-order valence-electron chi connectivity index (χ0n) is 9.96. The average Bonchev–Trinajstić information content (AvgIpc) is 2.40. The van der Waals surface area contributed by atoms with Gasteiger partial charge in [0.15, 0.2) is 0 Å². The summed E-state index contributed by atoms with van der Waals surface area (Å²) in [6.07, 6.45) is -5.37. The van der Waals surface area contributed by atoms with Crippen molar-refractivity contribution in [1.82, 2.24) is 0 Å². The molecule has 2 aromatic carbocycles. The monoisotopic (exact) mass is 408 g/mol. The maximum Gasteiger partial charge on any atom is 0.416 e. The van der Waals surface area contributed by atoms with Crippen LogP contribution in [0.4, 0.5) is 13.2 Å². The van der Waals surface area contributed by atoms with Gasteiger partial charge < -0.3 is 5.11 Å². The van der Waals surface area contributed by atoms with Crippen molar-refractivity contribution in [3.63, 3.8) is 0 Å². The van der Waals surface area contributed by atoms with Crippen LogP contribution >= 0.6 is 31.9 Å². The molecule has 1 unspecified atom stereocenters. The highest BCUT2D eigenvalue weighted by Crippen LogP contribution is 2.33. The van der Waals surface area contributed by atoms with Crippen molar-refractivity contribution in [3.05, 3.63) is 68.1 Å². The Labute approximate surface area is 130 Å². The number of rotatable bonds is 2. The van der Waals surface area contributed by atoms with Gasteiger partial charge >= 0.3 is 6.18 Å². The minimum Gasteiger partial charge on any atom is -0.384 e. The van der Waals surface area contributed by atoms with Crippen LogP contribution in [0.1, 0.15) is 22.8 Å². The van der Waals surface area contributed by atoms with E-state index in [1.165, 1.54) is 12.1 Å². The number of alkyl halides is 3. The van der Waals surface area contributed by atoms with E-state index in [0.29, 0.717) is 15.6 Å². The summed E-state index contributed by atoms with van der Waals surface area (Å²) in [6.45, 7) is 0. The predicted octanol–water partition coefficient (Wildman–Crippen LogP) is 5.31. The predicted molar refractivity (Wildman–Crippen MR) is 77.3 cm³/mol. The molecule has 0 saturated heterocycles. The Balaban J connectivity index is 2.34. The van der Waals surface area contributed by atoms with Gasteiger partial charge in [0.25, 0.3) is 0 Å². The molecule has 6 heteroatoms. The third-order valence-electron chi connectivity index (χ3n) is 2.81. The first-order chi connectivity index (χ1) is 9.29. The molecule has 1 N–H and O–H groups in total. The van der Waals surface area contributed by atoms with E-state index in [4.69, 9.17) is 0 Å². The van der Waals surface area contributed by atoms with Gasteiger partial charge in [0.05, 0.1) is 5.56 Å². The highest BCUT2D eigenvalue weighted by Gasteiger charge is 2.30.